The molecule has 234 valence electrons. The second-order valence-corrected chi connectivity index (χ2v) is 12.2. The number of aromatic amines is 1. The van der Waals surface area contributed by atoms with Crippen molar-refractivity contribution < 1.29 is 18.0 Å². The number of carbonyl (C=O) groups excluding carboxylic acids is 1. The molecule has 0 aliphatic carbocycles. The molecule has 0 saturated carbocycles. The van der Waals surface area contributed by atoms with Gasteiger partial charge in [-0.1, -0.05) is 46.3 Å². The Morgan fingerprint density at radius 1 is 1.11 bits per heavy atom. The molecule has 3 aromatic heterocycles. The van der Waals surface area contributed by atoms with Crippen LogP contribution in [-0.4, -0.2) is 48.3 Å². The number of fused-ring (bicyclic) bond motifs is 4. The van der Waals surface area contributed by atoms with Gasteiger partial charge >= 0.3 is 6.18 Å². The Bertz CT molecular complexity index is 2210. The first-order valence-corrected chi connectivity index (χ1v) is 15.4. The molecule has 6 aromatic rings. The van der Waals surface area contributed by atoms with Crippen LogP contribution in [0.5, 0.6) is 0 Å². The predicted molar refractivity (Wildman–Crippen MR) is 171 cm³/mol. The molecular formula is C33H27BrF3N7O2. The standard InChI is InChI=1S/C33H27BrF3N7O2/c1-18-12-24-28(17-42(18)31(45)20-8-11-26(34)25(14-20)33(35,36)37)44-30(21(16-39-44)13-19-6-4-3-5-7-19)43(32(24)46)22-9-10-23-27(15-22)40-41-29(23)38-2/h3-11,14-16,18H,12-13,17H2,1-2H3,(H2,38,40,41). The van der Waals surface area contributed by atoms with Crippen molar-refractivity contribution in [3.63, 3.8) is 0 Å². The van der Waals surface area contributed by atoms with E-state index in [4.69, 9.17) is 5.10 Å². The summed E-state index contributed by atoms with van der Waals surface area (Å²) in [4.78, 5) is 29.7. The van der Waals surface area contributed by atoms with Crippen molar-refractivity contribution >= 4 is 44.2 Å². The van der Waals surface area contributed by atoms with Crippen LogP contribution in [0.15, 0.2) is 82.2 Å². The summed E-state index contributed by atoms with van der Waals surface area (Å²) in [5, 5.41) is 16.0. The molecule has 0 spiro atoms. The fourth-order valence-corrected chi connectivity index (χ4v) is 6.69. The highest BCUT2D eigenvalue weighted by atomic mass is 79.9. The van der Waals surface area contributed by atoms with E-state index in [0.717, 1.165) is 28.1 Å². The van der Waals surface area contributed by atoms with Gasteiger partial charge in [-0.25, -0.2) is 4.52 Å². The number of rotatable bonds is 5. The van der Waals surface area contributed by atoms with Crippen LogP contribution in [0.2, 0.25) is 0 Å². The molecule has 3 aromatic carbocycles. The molecule has 1 aliphatic rings. The van der Waals surface area contributed by atoms with Crippen molar-refractivity contribution in [2.45, 2.75) is 38.5 Å². The molecule has 7 rings (SSSR count). The van der Waals surface area contributed by atoms with Gasteiger partial charge in [0.25, 0.3) is 11.5 Å². The Morgan fingerprint density at radius 3 is 2.63 bits per heavy atom. The van der Waals surface area contributed by atoms with Crippen molar-refractivity contribution in [3.05, 3.63) is 121 Å². The summed E-state index contributed by atoms with van der Waals surface area (Å²) < 4.78 is 44.2. The summed E-state index contributed by atoms with van der Waals surface area (Å²) in [5.41, 5.74) is 3.48. The van der Waals surface area contributed by atoms with Crippen LogP contribution < -0.4 is 10.9 Å². The summed E-state index contributed by atoms with van der Waals surface area (Å²) in [6, 6.07) is 18.4. The minimum atomic E-state index is -4.63. The molecular weight excluding hydrogens is 663 g/mol. The lowest BCUT2D eigenvalue weighted by atomic mass is 9.97. The van der Waals surface area contributed by atoms with Crippen LogP contribution in [0, 0.1) is 0 Å². The number of nitrogens with one attached hydrogen (secondary N) is 2. The van der Waals surface area contributed by atoms with E-state index in [1.54, 1.807) is 29.3 Å². The number of hydrogen-bond acceptors (Lipinski definition) is 5. The molecule has 0 radical (unpaired) electrons. The van der Waals surface area contributed by atoms with Gasteiger partial charge in [0.1, 0.15) is 5.65 Å². The molecule has 1 unspecified atom stereocenters. The second kappa shape index (κ2) is 11.2. The van der Waals surface area contributed by atoms with Gasteiger partial charge in [0.15, 0.2) is 5.82 Å². The number of carbonyl (C=O) groups is 1. The lowest BCUT2D eigenvalue weighted by Crippen LogP contribution is -2.46. The third-order valence-electron chi connectivity index (χ3n) is 8.50. The molecule has 0 saturated heterocycles. The Labute approximate surface area is 268 Å². The van der Waals surface area contributed by atoms with Crippen LogP contribution in [0.1, 0.15) is 45.2 Å². The molecule has 1 amide bonds. The summed E-state index contributed by atoms with van der Waals surface area (Å²) >= 11 is 2.95. The number of amides is 1. The molecule has 2 N–H and O–H groups in total. The highest BCUT2D eigenvalue weighted by Gasteiger charge is 2.36. The van der Waals surface area contributed by atoms with Crippen molar-refractivity contribution in [2.24, 2.45) is 0 Å². The monoisotopic (exact) mass is 689 g/mol. The Hall–Kier alpha value is -4.91. The first-order valence-electron chi connectivity index (χ1n) is 14.6. The van der Waals surface area contributed by atoms with E-state index in [2.05, 4.69) is 31.4 Å². The van der Waals surface area contributed by atoms with Crippen molar-refractivity contribution in [3.8, 4) is 5.69 Å². The fourth-order valence-electron chi connectivity index (χ4n) is 6.22. The number of hydrogen-bond donors (Lipinski definition) is 2. The first-order chi connectivity index (χ1) is 22.0. The molecule has 13 heteroatoms. The summed E-state index contributed by atoms with van der Waals surface area (Å²) in [6.45, 7) is 1.79. The van der Waals surface area contributed by atoms with Gasteiger partial charge in [0.05, 0.1) is 35.2 Å². The molecule has 1 atom stereocenters. The normalized spacial score (nSPS) is 15.0. The Kier molecular flexibility index (Phi) is 7.23. The number of halogens is 4. The molecule has 46 heavy (non-hydrogen) atoms. The maximum Gasteiger partial charge on any atom is 0.417 e. The van der Waals surface area contributed by atoms with Crippen molar-refractivity contribution in [1.82, 2.24) is 29.3 Å². The van der Waals surface area contributed by atoms with Gasteiger partial charge in [-0.3, -0.25) is 19.3 Å². The SMILES string of the molecule is CNc1n[nH]c2cc(-n3c(=O)c4c(n5ncc(Cc6ccccc6)c35)CN(C(=O)c3ccc(Br)c(C(F)(F)F)c3)C(C)C4)ccc12. The highest BCUT2D eigenvalue weighted by Crippen LogP contribution is 2.36. The van der Waals surface area contributed by atoms with E-state index in [1.807, 2.05) is 48.5 Å². The van der Waals surface area contributed by atoms with Gasteiger partial charge in [-0.15, -0.1) is 0 Å². The number of alkyl halides is 3. The summed E-state index contributed by atoms with van der Waals surface area (Å²) in [6.07, 6.45) is -2.22. The zero-order valence-electron chi connectivity index (χ0n) is 24.7. The smallest absolute Gasteiger partial charge is 0.371 e. The quantitative estimate of drug-likeness (QED) is 0.219. The zero-order chi connectivity index (χ0) is 32.3. The molecule has 9 nitrogen and oxygen atoms in total. The number of H-pyrrole nitrogens is 1. The van der Waals surface area contributed by atoms with Crippen LogP contribution in [-0.2, 0) is 25.6 Å². The van der Waals surface area contributed by atoms with Gasteiger partial charge in [0.2, 0.25) is 0 Å². The number of benzene rings is 3. The third-order valence-corrected chi connectivity index (χ3v) is 9.20. The molecule has 4 heterocycles. The Balaban J connectivity index is 1.38. The van der Waals surface area contributed by atoms with Crippen LogP contribution in [0.4, 0.5) is 19.0 Å². The number of nitrogens with zero attached hydrogens (tertiary/aromatic N) is 5. The third kappa shape index (κ3) is 4.95. The number of anilines is 1. The first kappa shape index (κ1) is 29.8. The predicted octanol–water partition coefficient (Wildman–Crippen LogP) is 6.36. The average Bonchev–Trinajstić information content (AvgIpc) is 3.65. The average molecular weight is 691 g/mol. The topological polar surface area (TPSA) is 100 Å². The maximum atomic E-state index is 14.5. The van der Waals surface area contributed by atoms with Crippen LogP contribution in [0.3, 0.4) is 0 Å². The maximum absolute atomic E-state index is 14.5. The zero-order valence-corrected chi connectivity index (χ0v) is 26.3. The summed E-state index contributed by atoms with van der Waals surface area (Å²) in [7, 11) is 1.78. The molecule has 0 fully saturated rings. The lowest BCUT2D eigenvalue weighted by molar-refractivity contribution is -0.138. The van der Waals surface area contributed by atoms with E-state index < -0.39 is 23.7 Å². The van der Waals surface area contributed by atoms with Gasteiger partial charge in [0, 0.05) is 46.1 Å². The molecule has 0 bridgehead atoms. The summed E-state index contributed by atoms with van der Waals surface area (Å²) in [5.74, 6) is 0.125. The van der Waals surface area contributed by atoms with E-state index in [1.165, 1.54) is 17.0 Å². The van der Waals surface area contributed by atoms with Crippen molar-refractivity contribution in [2.75, 3.05) is 12.4 Å². The minimum Gasteiger partial charge on any atom is -0.371 e. The molecule has 1 aliphatic heterocycles. The van der Waals surface area contributed by atoms with Gasteiger partial charge in [-0.05, 0) is 55.3 Å². The van der Waals surface area contributed by atoms with Gasteiger partial charge in [-0.2, -0.15) is 23.4 Å². The van der Waals surface area contributed by atoms with E-state index >= 15 is 0 Å². The van der Waals surface area contributed by atoms with E-state index in [-0.39, 0.29) is 28.6 Å². The number of aromatic nitrogens is 5. The van der Waals surface area contributed by atoms with Crippen LogP contribution in [0.25, 0.3) is 22.2 Å². The van der Waals surface area contributed by atoms with E-state index in [9.17, 15) is 22.8 Å². The van der Waals surface area contributed by atoms with Crippen LogP contribution >= 0.6 is 15.9 Å². The van der Waals surface area contributed by atoms with Gasteiger partial charge < -0.3 is 10.2 Å². The van der Waals surface area contributed by atoms with E-state index in [0.29, 0.717) is 34.8 Å². The largest absolute Gasteiger partial charge is 0.417 e. The highest BCUT2D eigenvalue weighted by molar-refractivity contribution is 9.10. The lowest BCUT2D eigenvalue weighted by Gasteiger charge is -2.35. The Morgan fingerprint density at radius 2 is 1.89 bits per heavy atom. The minimum absolute atomic E-state index is 0.00308. The van der Waals surface area contributed by atoms with Crippen molar-refractivity contribution in [1.29, 1.82) is 0 Å². The second-order valence-electron chi connectivity index (χ2n) is 11.4. The fraction of sp³-hybridized carbons (Fsp3) is 0.212.